The Labute approximate surface area is 173 Å². The molecule has 0 amide bonds. The number of hydrogen-bond acceptors (Lipinski definition) is 8. The zero-order valence-corrected chi connectivity index (χ0v) is 16.4. The van der Waals surface area contributed by atoms with Crippen LogP contribution in [0.5, 0.6) is 34.5 Å². The van der Waals surface area contributed by atoms with Crippen LogP contribution in [-0.2, 0) is 10.8 Å². The second-order valence-electron chi connectivity index (χ2n) is 9.63. The van der Waals surface area contributed by atoms with Crippen molar-refractivity contribution in [3.05, 3.63) is 23.3 Å². The molecule has 0 spiro atoms. The highest BCUT2D eigenvalue weighted by molar-refractivity contribution is 5.72. The summed E-state index contributed by atoms with van der Waals surface area (Å²) in [6.45, 7) is 0. The topological polar surface area (TPSA) is 173 Å². The summed E-state index contributed by atoms with van der Waals surface area (Å²) in [6.07, 6.45) is 4.37. The molecule has 0 radical (unpaired) electrons. The molecule has 8 nitrogen and oxygen atoms in total. The maximum absolute atomic E-state index is 10.8. The number of anilines is 2. The number of aromatic hydroxyl groups is 6. The molecule has 4 aliphatic rings. The number of phenolic OH excluding ortho intramolecular Hbond substituents is 6. The van der Waals surface area contributed by atoms with Crippen LogP contribution < -0.4 is 11.5 Å². The number of nitrogen functional groups attached to an aromatic ring is 2. The van der Waals surface area contributed by atoms with Crippen LogP contribution in [0, 0.1) is 11.8 Å². The van der Waals surface area contributed by atoms with Crippen molar-refractivity contribution < 1.29 is 30.6 Å². The smallest absolute Gasteiger partial charge is 0.149 e. The molecular formula is C22H26N2O6. The summed E-state index contributed by atoms with van der Waals surface area (Å²) in [7, 11) is 0. The van der Waals surface area contributed by atoms with E-state index in [1.807, 2.05) is 0 Å². The first kappa shape index (κ1) is 18.8. The molecular weight excluding hydrogens is 388 g/mol. The van der Waals surface area contributed by atoms with Crippen molar-refractivity contribution in [1.82, 2.24) is 0 Å². The minimum Gasteiger partial charge on any atom is -0.507 e. The Balaban J connectivity index is 1.72. The van der Waals surface area contributed by atoms with Gasteiger partial charge < -0.3 is 42.1 Å². The fourth-order valence-electron chi connectivity index (χ4n) is 7.21. The Morgan fingerprint density at radius 3 is 1.37 bits per heavy atom. The van der Waals surface area contributed by atoms with Crippen LogP contribution in [0.3, 0.4) is 0 Å². The normalized spacial score (nSPS) is 31.9. The minimum atomic E-state index is -0.619. The number of phenols is 6. The summed E-state index contributed by atoms with van der Waals surface area (Å²) in [4.78, 5) is 0. The van der Waals surface area contributed by atoms with Crippen molar-refractivity contribution in [1.29, 1.82) is 0 Å². The van der Waals surface area contributed by atoms with E-state index in [-0.39, 0.29) is 57.7 Å². The van der Waals surface area contributed by atoms with Gasteiger partial charge in [-0.3, -0.25) is 0 Å². The molecule has 2 aromatic rings. The van der Waals surface area contributed by atoms with E-state index in [0.717, 1.165) is 44.2 Å². The summed E-state index contributed by atoms with van der Waals surface area (Å²) < 4.78 is 0. The quantitative estimate of drug-likeness (QED) is 0.210. The van der Waals surface area contributed by atoms with Gasteiger partial charge in [-0.15, -0.1) is 0 Å². The van der Waals surface area contributed by atoms with E-state index in [4.69, 9.17) is 11.5 Å². The molecule has 8 heteroatoms. The zero-order chi connectivity index (χ0) is 21.6. The maximum atomic E-state index is 10.8. The summed E-state index contributed by atoms with van der Waals surface area (Å²) in [5.41, 5.74) is 10.8. The molecule has 2 aromatic carbocycles. The van der Waals surface area contributed by atoms with Gasteiger partial charge in [-0.05, 0) is 50.4 Å². The van der Waals surface area contributed by atoms with E-state index in [2.05, 4.69) is 0 Å². The lowest BCUT2D eigenvalue weighted by atomic mass is 9.41. The molecule has 0 atom stereocenters. The first-order chi connectivity index (χ1) is 14.1. The first-order valence-electron chi connectivity index (χ1n) is 10.1. The van der Waals surface area contributed by atoms with Crippen molar-refractivity contribution >= 4 is 11.4 Å². The van der Waals surface area contributed by atoms with Gasteiger partial charge in [-0.2, -0.15) is 0 Å². The molecule has 160 valence electrons. The molecule has 0 heterocycles. The predicted molar refractivity (Wildman–Crippen MR) is 110 cm³/mol. The SMILES string of the molecule is Nc1c(O)cc(O)c(C23CC4CC(C2)CC(c2c(O)cc(O)c(N)c2O)(C4)C3)c1O. The lowest BCUT2D eigenvalue weighted by Crippen LogP contribution is -2.56. The molecule has 4 aliphatic carbocycles. The Bertz CT molecular complexity index is 987. The average Bonchev–Trinajstić information content (AvgIpc) is 2.62. The Kier molecular flexibility index (Phi) is 3.59. The van der Waals surface area contributed by atoms with Gasteiger partial charge in [0.15, 0.2) is 0 Å². The highest BCUT2D eigenvalue weighted by Crippen LogP contribution is 2.70. The van der Waals surface area contributed by atoms with E-state index in [0.29, 0.717) is 17.5 Å². The summed E-state index contributed by atoms with van der Waals surface area (Å²) in [6, 6.07) is 2.31. The summed E-state index contributed by atoms with van der Waals surface area (Å²) in [5.74, 6) is -1.30. The fourth-order valence-corrected chi connectivity index (χ4v) is 7.21. The van der Waals surface area contributed by atoms with Gasteiger partial charge >= 0.3 is 0 Å². The van der Waals surface area contributed by atoms with Gasteiger partial charge in [0.25, 0.3) is 0 Å². The lowest BCUT2D eigenvalue weighted by molar-refractivity contribution is -0.0312. The van der Waals surface area contributed by atoms with E-state index < -0.39 is 10.8 Å². The molecule has 30 heavy (non-hydrogen) atoms. The molecule has 10 N–H and O–H groups in total. The number of hydrogen-bond donors (Lipinski definition) is 8. The van der Waals surface area contributed by atoms with Crippen LogP contribution in [0.25, 0.3) is 0 Å². The number of rotatable bonds is 2. The third kappa shape index (κ3) is 2.27. The summed E-state index contributed by atoms with van der Waals surface area (Å²) >= 11 is 0. The van der Waals surface area contributed by atoms with Gasteiger partial charge in [-0.25, -0.2) is 0 Å². The monoisotopic (exact) mass is 414 g/mol. The largest absolute Gasteiger partial charge is 0.507 e. The summed E-state index contributed by atoms with van der Waals surface area (Å²) in [5, 5.41) is 62.7. The first-order valence-corrected chi connectivity index (χ1v) is 10.1. The van der Waals surface area contributed by atoms with E-state index in [1.165, 1.54) is 0 Å². The Hall–Kier alpha value is -3.16. The standard InChI is InChI=1S/C22H26N2O6/c23-17-13(27)2-11(25)15(19(17)29)21-4-9-1-10(5-21)7-22(6-9,8-21)16-12(26)3-14(28)18(24)20(16)30/h2-3,9-10,25-30H,1,4-8,23-24H2. The van der Waals surface area contributed by atoms with Crippen LogP contribution in [-0.4, -0.2) is 30.6 Å². The molecule has 6 rings (SSSR count). The van der Waals surface area contributed by atoms with Crippen LogP contribution in [0.4, 0.5) is 11.4 Å². The van der Waals surface area contributed by atoms with E-state index in [1.54, 1.807) is 0 Å². The molecule has 4 saturated carbocycles. The van der Waals surface area contributed by atoms with Crippen LogP contribution in [0.2, 0.25) is 0 Å². The third-order valence-corrected chi connectivity index (χ3v) is 7.72. The molecule has 0 aliphatic heterocycles. The van der Waals surface area contributed by atoms with Gasteiger partial charge in [0.2, 0.25) is 0 Å². The molecule has 0 saturated heterocycles. The van der Waals surface area contributed by atoms with Crippen LogP contribution >= 0.6 is 0 Å². The minimum absolute atomic E-state index is 0.174. The van der Waals surface area contributed by atoms with Crippen LogP contribution in [0.1, 0.15) is 49.7 Å². The van der Waals surface area contributed by atoms with E-state index >= 15 is 0 Å². The zero-order valence-electron chi connectivity index (χ0n) is 16.4. The van der Waals surface area contributed by atoms with Gasteiger partial charge in [0.1, 0.15) is 45.9 Å². The predicted octanol–water partition coefficient (Wildman–Crippen LogP) is 2.87. The van der Waals surface area contributed by atoms with Crippen molar-refractivity contribution in [2.45, 2.75) is 49.4 Å². The van der Waals surface area contributed by atoms with Crippen molar-refractivity contribution in [2.24, 2.45) is 11.8 Å². The van der Waals surface area contributed by atoms with Crippen LogP contribution in [0.15, 0.2) is 12.1 Å². The van der Waals surface area contributed by atoms with E-state index in [9.17, 15) is 30.6 Å². The van der Waals surface area contributed by atoms with Gasteiger partial charge in [-0.1, -0.05) is 0 Å². The lowest BCUT2D eigenvalue weighted by Gasteiger charge is -2.62. The number of nitrogens with two attached hydrogens (primary N) is 2. The third-order valence-electron chi connectivity index (χ3n) is 7.72. The second kappa shape index (κ2) is 5.71. The molecule has 4 bridgehead atoms. The second-order valence-corrected chi connectivity index (χ2v) is 9.63. The average molecular weight is 414 g/mol. The maximum Gasteiger partial charge on any atom is 0.149 e. The van der Waals surface area contributed by atoms with Crippen molar-refractivity contribution in [3.8, 4) is 34.5 Å². The Morgan fingerprint density at radius 2 is 1.00 bits per heavy atom. The van der Waals surface area contributed by atoms with Gasteiger partial charge in [0, 0.05) is 34.1 Å². The van der Waals surface area contributed by atoms with Crippen molar-refractivity contribution in [2.75, 3.05) is 11.5 Å². The molecule has 0 aromatic heterocycles. The molecule has 0 unspecified atom stereocenters. The molecule has 4 fully saturated rings. The Morgan fingerprint density at radius 1 is 0.633 bits per heavy atom. The fraction of sp³-hybridized carbons (Fsp3) is 0.455. The highest BCUT2D eigenvalue weighted by atomic mass is 16.3. The highest BCUT2D eigenvalue weighted by Gasteiger charge is 2.61. The number of benzene rings is 2. The van der Waals surface area contributed by atoms with Crippen molar-refractivity contribution in [3.63, 3.8) is 0 Å². The van der Waals surface area contributed by atoms with Gasteiger partial charge in [0.05, 0.1) is 0 Å².